The van der Waals surface area contributed by atoms with Gasteiger partial charge in [0.2, 0.25) is 0 Å². The van der Waals surface area contributed by atoms with Crippen molar-refractivity contribution in [3.63, 3.8) is 0 Å². The largest absolute Gasteiger partial charge is 0.481 e. The zero-order valence-electron chi connectivity index (χ0n) is 13.4. The van der Waals surface area contributed by atoms with E-state index in [4.69, 9.17) is 4.74 Å². The number of benzene rings is 1. The number of carbonyl (C=O) groups is 1. The van der Waals surface area contributed by atoms with Gasteiger partial charge >= 0.3 is 0 Å². The normalized spacial score (nSPS) is 13.9. The molecular formula is C18H21FN2O2. The third kappa shape index (κ3) is 3.55. The lowest BCUT2D eigenvalue weighted by Crippen LogP contribution is -2.28. The average Bonchev–Trinajstić information content (AvgIpc) is 3.31. The third-order valence-electron chi connectivity index (χ3n) is 4.17. The first-order chi connectivity index (χ1) is 11.1. The number of aryl methyl sites for hydroxylation is 1. The molecule has 0 unspecified atom stereocenters. The summed E-state index contributed by atoms with van der Waals surface area (Å²) >= 11 is 0. The quantitative estimate of drug-likeness (QED) is 0.889. The van der Waals surface area contributed by atoms with E-state index in [1.54, 1.807) is 12.1 Å². The van der Waals surface area contributed by atoms with Crippen LogP contribution in [0.15, 0.2) is 30.3 Å². The van der Waals surface area contributed by atoms with Crippen molar-refractivity contribution in [2.75, 3.05) is 6.61 Å². The number of hydrogen-bond donors (Lipinski definition) is 1. The van der Waals surface area contributed by atoms with Crippen molar-refractivity contribution < 1.29 is 13.9 Å². The Morgan fingerprint density at radius 1 is 1.35 bits per heavy atom. The van der Waals surface area contributed by atoms with E-state index in [0.29, 0.717) is 12.6 Å². The molecule has 3 rings (SSSR count). The van der Waals surface area contributed by atoms with Crippen molar-refractivity contribution in [2.45, 2.75) is 39.3 Å². The molecule has 1 aliphatic rings. The number of ether oxygens (including phenoxy) is 1. The second kappa shape index (κ2) is 6.44. The predicted octanol–water partition coefficient (Wildman–Crippen LogP) is 3.27. The van der Waals surface area contributed by atoms with Crippen LogP contribution in [-0.2, 0) is 11.3 Å². The van der Waals surface area contributed by atoms with Gasteiger partial charge in [0.25, 0.3) is 5.91 Å². The Balaban J connectivity index is 1.53. The summed E-state index contributed by atoms with van der Waals surface area (Å²) in [6.07, 6.45) is 2.47. The lowest BCUT2D eigenvalue weighted by molar-refractivity contribution is -0.123. The number of hydrogen-bond acceptors (Lipinski definition) is 2. The zero-order chi connectivity index (χ0) is 16.4. The van der Waals surface area contributed by atoms with E-state index in [9.17, 15) is 9.18 Å². The van der Waals surface area contributed by atoms with Crippen LogP contribution in [-0.4, -0.2) is 17.1 Å². The molecular weight excluding hydrogens is 295 g/mol. The van der Waals surface area contributed by atoms with Crippen LogP contribution in [0.4, 0.5) is 4.39 Å². The molecule has 2 aromatic rings. The maximum absolute atomic E-state index is 13.4. The molecule has 1 heterocycles. The smallest absolute Gasteiger partial charge is 0.258 e. The van der Waals surface area contributed by atoms with Gasteiger partial charge in [-0.05, 0) is 50.5 Å². The highest BCUT2D eigenvalue weighted by Crippen LogP contribution is 2.38. The molecule has 4 nitrogen and oxygen atoms in total. The van der Waals surface area contributed by atoms with Crippen LogP contribution in [0.25, 0.3) is 0 Å². The van der Waals surface area contributed by atoms with Crippen molar-refractivity contribution in [1.29, 1.82) is 0 Å². The van der Waals surface area contributed by atoms with Gasteiger partial charge in [0.05, 0.1) is 0 Å². The minimum absolute atomic E-state index is 0.0922. The van der Waals surface area contributed by atoms with Gasteiger partial charge in [-0.3, -0.25) is 4.79 Å². The Kier molecular flexibility index (Phi) is 4.37. The molecule has 0 bridgehead atoms. The van der Waals surface area contributed by atoms with Crippen LogP contribution in [0.2, 0.25) is 0 Å². The molecule has 1 N–H and O–H groups in total. The number of nitrogens with zero attached hydrogens (tertiary/aromatic N) is 1. The highest BCUT2D eigenvalue weighted by Gasteiger charge is 2.26. The molecule has 122 valence electrons. The Morgan fingerprint density at radius 3 is 2.78 bits per heavy atom. The molecule has 0 spiro atoms. The third-order valence-corrected chi connectivity index (χ3v) is 4.17. The molecule has 5 heteroatoms. The number of rotatable bonds is 6. The van der Waals surface area contributed by atoms with Gasteiger partial charge in [-0.1, -0.05) is 12.1 Å². The maximum Gasteiger partial charge on any atom is 0.258 e. The van der Waals surface area contributed by atoms with Gasteiger partial charge in [0, 0.05) is 24.0 Å². The summed E-state index contributed by atoms with van der Waals surface area (Å²) in [6.45, 7) is 4.45. The molecule has 1 amide bonds. The summed E-state index contributed by atoms with van der Waals surface area (Å²) in [4.78, 5) is 11.9. The van der Waals surface area contributed by atoms with Crippen LogP contribution in [0.3, 0.4) is 0 Å². The van der Waals surface area contributed by atoms with E-state index >= 15 is 0 Å². The monoisotopic (exact) mass is 316 g/mol. The lowest BCUT2D eigenvalue weighted by atomic mass is 10.2. The second-order valence-corrected chi connectivity index (χ2v) is 5.99. The Morgan fingerprint density at radius 2 is 2.09 bits per heavy atom. The van der Waals surface area contributed by atoms with Crippen LogP contribution >= 0.6 is 0 Å². The van der Waals surface area contributed by atoms with Gasteiger partial charge in [0.15, 0.2) is 18.2 Å². The summed E-state index contributed by atoms with van der Waals surface area (Å²) in [5.41, 5.74) is 3.56. The summed E-state index contributed by atoms with van der Waals surface area (Å²) in [6, 6.07) is 8.81. The number of para-hydroxylation sites is 1. The Labute approximate surface area is 135 Å². The van der Waals surface area contributed by atoms with Crippen molar-refractivity contribution in [3.8, 4) is 5.75 Å². The molecule has 1 aromatic heterocycles. The van der Waals surface area contributed by atoms with Crippen LogP contribution < -0.4 is 10.1 Å². The molecule has 0 atom stereocenters. The minimum Gasteiger partial charge on any atom is -0.481 e. The van der Waals surface area contributed by atoms with Crippen LogP contribution in [0.1, 0.15) is 35.8 Å². The van der Waals surface area contributed by atoms with E-state index < -0.39 is 5.82 Å². The van der Waals surface area contributed by atoms with Gasteiger partial charge in [-0.25, -0.2) is 4.39 Å². The van der Waals surface area contributed by atoms with E-state index in [2.05, 4.69) is 29.8 Å². The van der Waals surface area contributed by atoms with E-state index in [0.717, 1.165) is 5.56 Å². The first kappa shape index (κ1) is 15.6. The van der Waals surface area contributed by atoms with Gasteiger partial charge in [-0.15, -0.1) is 0 Å². The summed E-state index contributed by atoms with van der Waals surface area (Å²) in [5, 5.41) is 2.83. The molecule has 23 heavy (non-hydrogen) atoms. The summed E-state index contributed by atoms with van der Waals surface area (Å²) < 4.78 is 21.0. The number of amides is 1. The fourth-order valence-corrected chi connectivity index (χ4v) is 2.87. The fourth-order valence-electron chi connectivity index (χ4n) is 2.87. The first-order valence-corrected chi connectivity index (χ1v) is 7.87. The Bertz CT molecular complexity index is 720. The van der Waals surface area contributed by atoms with Crippen molar-refractivity contribution in [1.82, 2.24) is 9.88 Å². The number of halogens is 1. The SMILES string of the molecule is Cc1cc(CNC(=O)COc2ccccc2F)c(C)n1C1CC1. The molecule has 0 radical (unpaired) electrons. The molecule has 1 fully saturated rings. The molecule has 1 aromatic carbocycles. The fraction of sp³-hybridized carbons (Fsp3) is 0.389. The molecule has 0 saturated heterocycles. The highest BCUT2D eigenvalue weighted by molar-refractivity contribution is 5.77. The summed E-state index contributed by atoms with van der Waals surface area (Å²) in [7, 11) is 0. The minimum atomic E-state index is -0.465. The molecule has 1 aliphatic carbocycles. The van der Waals surface area contributed by atoms with Crippen LogP contribution in [0, 0.1) is 19.7 Å². The van der Waals surface area contributed by atoms with E-state index in [1.165, 1.54) is 36.4 Å². The number of carbonyl (C=O) groups excluding carboxylic acids is 1. The molecule has 0 aliphatic heterocycles. The van der Waals surface area contributed by atoms with E-state index in [-0.39, 0.29) is 18.3 Å². The number of aromatic nitrogens is 1. The predicted molar refractivity (Wildman–Crippen MR) is 85.9 cm³/mol. The first-order valence-electron chi connectivity index (χ1n) is 7.87. The van der Waals surface area contributed by atoms with Crippen molar-refractivity contribution in [2.24, 2.45) is 0 Å². The topological polar surface area (TPSA) is 43.3 Å². The second-order valence-electron chi connectivity index (χ2n) is 5.99. The van der Waals surface area contributed by atoms with Gasteiger partial charge in [0.1, 0.15) is 0 Å². The standard InChI is InChI=1S/C18H21FN2O2/c1-12-9-14(13(2)21(12)15-7-8-15)10-20-18(22)11-23-17-6-4-3-5-16(17)19/h3-6,9,15H,7-8,10-11H2,1-2H3,(H,20,22). The van der Waals surface area contributed by atoms with Gasteiger partial charge < -0.3 is 14.6 Å². The summed E-state index contributed by atoms with van der Waals surface area (Å²) in [5.74, 6) is -0.632. The average molecular weight is 316 g/mol. The Hall–Kier alpha value is -2.30. The zero-order valence-corrected chi connectivity index (χ0v) is 13.4. The van der Waals surface area contributed by atoms with Crippen molar-refractivity contribution >= 4 is 5.91 Å². The number of nitrogens with one attached hydrogen (secondary N) is 1. The maximum atomic E-state index is 13.4. The lowest BCUT2D eigenvalue weighted by Gasteiger charge is -2.09. The van der Waals surface area contributed by atoms with E-state index in [1.807, 2.05) is 0 Å². The van der Waals surface area contributed by atoms with Gasteiger partial charge in [-0.2, -0.15) is 0 Å². The molecule has 1 saturated carbocycles. The van der Waals surface area contributed by atoms with Crippen molar-refractivity contribution in [3.05, 3.63) is 53.1 Å². The van der Waals surface area contributed by atoms with Crippen LogP contribution in [0.5, 0.6) is 5.75 Å². The highest BCUT2D eigenvalue weighted by atomic mass is 19.1.